The normalized spacial score (nSPS) is 23.6. The zero-order chi connectivity index (χ0) is 44.5. The molecular weight excluding hydrogens is 775 g/mol. The first-order valence-corrected chi connectivity index (χ1v) is 22.3. The summed E-state index contributed by atoms with van der Waals surface area (Å²) in [6.07, 6.45) is 5.85. The van der Waals surface area contributed by atoms with Crippen molar-refractivity contribution in [3.63, 3.8) is 0 Å². The second-order valence-corrected chi connectivity index (χ2v) is 18.2. The zero-order valence-corrected chi connectivity index (χ0v) is 37.1. The number of urea groups is 1. The van der Waals surface area contributed by atoms with E-state index >= 15 is 0 Å². The highest BCUT2D eigenvalue weighted by molar-refractivity contribution is 6.47. The van der Waals surface area contributed by atoms with Crippen molar-refractivity contribution in [2.45, 2.75) is 148 Å². The minimum absolute atomic E-state index is 0.118. The summed E-state index contributed by atoms with van der Waals surface area (Å²) in [6.45, 7) is 12.9. The number of carbonyl (C=O) groups excluding carboxylic acids is 4. The Morgan fingerprint density at radius 2 is 1.48 bits per heavy atom. The molecule has 16 heteroatoms. The summed E-state index contributed by atoms with van der Waals surface area (Å²) in [5.74, 6) is -1.06. The average molecular weight is 847 g/mol. The Hall–Kier alpha value is -4.06. The highest BCUT2D eigenvalue weighted by atomic mass is 16.7. The maximum Gasteiger partial charge on any atom is 0.497 e. The molecule has 3 aliphatic carbocycles. The number of aliphatic hydroxyl groups is 1. The number of unbranched alkanes of at least 4 members (excludes halogenated alkanes) is 2. The lowest BCUT2D eigenvalue weighted by molar-refractivity contribution is -0.199. The van der Waals surface area contributed by atoms with E-state index in [9.17, 15) is 24.3 Å². The number of hydrogen-bond acceptors (Lipinski definition) is 10. The maximum absolute atomic E-state index is 13.7. The largest absolute Gasteiger partial charge is 0.497 e. The molecule has 1 heterocycles. The number of nitrogens with two attached hydrogens (primary N) is 3. The van der Waals surface area contributed by atoms with Gasteiger partial charge in [-0.05, 0) is 125 Å². The van der Waals surface area contributed by atoms with Crippen molar-refractivity contribution < 1.29 is 33.6 Å². The van der Waals surface area contributed by atoms with Crippen molar-refractivity contribution in [3.8, 4) is 11.1 Å². The van der Waals surface area contributed by atoms with Crippen LogP contribution in [0.25, 0.3) is 11.1 Å². The predicted octanol–water partition coefficient (Wildman–Crippen LogP) is 3.09. The van der Waals surface area contributed by atoms with Gasteiger partial charge in [-0.15, -0.1) is 0 Å². The van der Waals surface area contributed by atoms with Crippen LogP contribution >= 0.6 is 0 Å². The number of nitrogens with zero attached hydrogens (tertiary/aromatic N) is 1. The predicted molar refractivity (Wildman–Crippen MR) is 237 cm³/mol. The van der Waals surface area contributed by atoms with Gasteiger partial charge < -0.3 is 57.8 Å². The van der Waals surface area contributed by atoms with Gasteiger partial charge in [-0.1, -0.05) is 75.7 Å². The molecule has 1 aliphatic heterocycles. The molecule has 9 atom stereocenters. The van der Waals surface area contributed by atoms with Gasteiger partial charge >= 0.3 is 13.1 Å². The first-order valence-electron chi connectivity index (χ1n) is 22.3. The van der Waals surface area contributed by atoms with Crippen molar-refractivity contribution in [3.05, 3.63) is 59.7 Å². The first-order chi connectivity index (χ1) is 29.0. The second kappa shape index (κ2) is 21.3. The lowest BCUT2D eigenvalue weighted by Crippen LogP contribution is -2.65. The molecule has 11 N–H and O–H groups in total. The van der Waals surface area contributed by atoms with Crippen LogP contribution in [0.5, 0.6) is 0 Å². The number of aliphatic hydroxyl groups excluding tert-OH is 1. The van der Waals surface area contributed by atoms with Gasteiger partial charge in [0, 0.05) is 13.1 Å². The first kappa shape index (κ1) is 48.0. The smallest absolute Gasteiger partial charge is 0.403 e. The third kappa shape index (κ3) is 11.7. The van der Waals surface area contributed by atoms with Crippen LogP contribution in [0, 0.1) is 17.3 Å². The van der Waals surface area contributed by atoms with Crippen molar-refractivity contribution in [1.29, 1.82) is 0 Å². The van der Waals surface area contributed by atoms with Crippen LogP contribution in [0.15, 0.2) is 48.5 Å². The Balaban J connectivity index is 1.16. The highest BCUT2D eigenvalue weighted by Crippen LogP contribution is 2.65. The van der Waals surface area contributed by atoms with Crippen molar-refractivity contribution in [2.24, 2.45) is 34.5 Å². The van der Waals surface area contributed by atoms with Gasteiger partial charge in [-0.2, -0.15) is 0 Å². The molecule has 1 saturated heterocycles. The summed E-state index contributed by atoms with van der Waals surface area (Å²) in [4.78, 5) is 55.9. The molecule has 4 fully saturated rings. The van der Waals surface area contributed by atoms with Crippen molar-refractivity contribution in [2.75, 3.05) is 19.6 Å². The van der Waals surface area contributed by atoms with E-state index < -0.39 is 66.8 Å². The number of benzene rings is 2. The Morgan fingerprint density at radius 3 is 2.07 bits per heavy atom. The van der Waals surface area contributed by atoms with Gasteiger partial charge in [-0.3, -0.25) is 14.4 Å². The van der Waals surface area contributed by atoms with Crippen LogP contribution in [-0.2, 0) is 36.7 Å². The molecule has 0 spiro atoms. The minimum atomic E-state index is -1.39. The SMILES string of the molecule is CCCCc1ccc(-c2ccc(CN(CCCN)C(=O)N[C@H](C(=O)N[C@@H](C)C(=O)N[C@@H](CCCCN)C(=O)N[C@@H](N)B3O[C@@H]4C[C@@H]5C[C@@H](C5(C)C)[C@]4(C)O3)[C@@H](C)O)cc2)cc1. The number of hydrogen-bond donors (Lipinski definition) is 8. The van der Waals surface area contributed by atoms with Gasteiger partial charge in [0.05, 0.1) is 17.8 Å². The van der Waals surface area contributed by atoms with E-state index in [0.717, 1.165) is 48.8 Å². The summed E-state index contributed by atoms with van der Waals surface area (Å²) >= 11 is 0. The minimum Gasteiger partial charge on any atom is -0.403 e. The molecule has 2 aromatic carbocycles. The number of rotatable bonds is 22. The molecule has 2 aromatic rings. The zero-order valence-electron chi connectivity index (χ0n) is 37.1. The molecule has 2 bridgehead atoms. The van der Waals surface area contributed by atoms with Crippen molar-refractivity contribution >= 4 is 30.9 Å². The Morgan fingerprint density at radius 1 is 0.836 bits per heavy atom. The fourth-order valence-electron chi connectivity index (χ4n) is 9.24. The molecule has 0 unspecified atom stereocenters. The average Bonchev–Trinajstić information content (AvgIpc) is 3.61. The van der Waals surface area contributed by atoms with Gasteiger partial charge in [0.15, 0.2) is 0 Å². The van der Waals surface area contributed by atoms with E-state index in [0.29, 0.717) is 50.7 Å². The van der Waals surface area contributed by atoms with Gasteiger partial charge in [0.25, 0.3) is 0 Å². The molecule has 0 aromatic heterocycles. The Bertz CT molecular complexity index is 1780. The van der Waals surface area contributed by atoms with E-state index in [-0.39, 0.29) is 24.5 Å². The highest BCUT2D eigenvalue weighted by Gasteiger charge is 2.68. The van der Waals surface area contributed by atoms with E-state index in [4.69, 9.17) is 26.5 Å². The molecular formula is C45H71BN8O7. The third-order valence-corrected chi connectivity index (χ3v) is 13.3. The lowest BCUT2D eigenvalue weighted by atomic mass is 9.43. The van der Waals surface area contributed by atoms with Crippen LogP contribution in [0.3, 0.4) is 0 Å². The van der Waals surface area contributed by atoms with E-state index in [1.54, 1.807) is 0 Å². The molecule has 5 amide bonds. The van der Waals surface area contributed by atoms with Crippen LogP contribution < -0.4 is 38.5 Å². The van der Waals surface area contributed by atoms with E-state index in [2.05, 4.69) is 73.2 Å². The number of amides is 5. The van der Waals surface area contributed by atoms with Gasteiger partial charge in [0.1, 0.15) is 24.2 Å². The molecule has 4 aliphatic rings. The summed E-state index contributed by atoms with van der Waals surface area (Å²) in [5, 5.41) is 21.4. The van der Waals surface area contributed by atoms with Crippen LogP contribution in [-0.4, -0.2) is 103 Å². The Labute approximate surface area is 362 Å². The molecule has 0 radical (unpaired) electrons. The maximum atomic E-state index is 13.7. The summed E-state index contributed by atoms with van der Waals surface area (Å²) in [7, 11) is -0.851. The number of carbonyl (C=O) groups is 4. The van der Waals surface area contributed by atoms with E-state index in [1.807, 2.05) is 24.3 Å². The van der Waals surface area contributed by atoms with E-state index in [1.165, 1.54) is 24.3 Å². The Kier molecular flexibility index (Phi) is 16.8. The van der Waals surface area contributed by atoms with Gasteiger partial charge in [0.2, 0.25) is 17.7 Å². The fraction of sp³-hybridized carbons (Fsp3) is 0.644. The fourth-order valence-corrected chi connectivity index (χ4v) is 9.24. The van der Waals surface area contributed by atoms with Crippen LogP contribution in [0.2, 0.25) is 0 Å². The third-order valence-electron chi connectivity index (χ3n) is 13.3. The van der Waals surface area contributed by atoms with Gasteiger partial charge in [-0.25, -0.2) is 4.79 Å². The van der Waals surface area contributed by atoms with Crippen LogP contribution in [0.1, 0.15) is 104 Å². The quantitative estimate of drug-likeness (QED) is 0.0490. The van der Waals surface area contributed by atoms with Crippen LogP contribution in [0.4, 0.5) is 4.79 Å². The molecule has 3 saturated carbocycles. The summed E-state index contributed by atoms with van der Waals surface area (Å²) < 4.78 is 12.7. The standard InChI is InChI=1S/C45H71BN8O7/c1-7-8-12-30-14-18-32(19-15-30)33-20-16-31(17-21-33)27-54(24-11-23-48)43(59)52-38(29(3)55)41(58)50-28(2)39(56)51-35(13-9-10-22-47)40(57)53-42(49)46-60-37-26-34-25-36(44(34,4)5)45(37,6)61-46/h14-21,28-29,34-38,42,55H,7-13,22-27,47-49H2,1-6H3,(H,50,58)(H,51,56)(H,52,59)(H,53,57)/t28-,29+,34-,35-,36-,37+,38-,42+,45-/m0/s1. The second-order valence-electron chi connectivity index (χ2n) is 18.2. The summed E-state index contributed by atoms with van der Waals surface area (Å²) in [6, 6.07) is 11.4. The molecule has 61 heavy (non-hydrogen) atoms. The topological polar surface area (TPSA) is 236 Å². The lowest BCUT2D eigenvalue weighted by Gasteiger charge is -2.64. The molecule has 15 nitrogen and oxygen atoms in total. The van der Waals surface area contributed by atoms with Crippen molar-refractivity contribution in [1.82, 2.24) is 26.2 Å². The monoisotopic (exact) mass is 847 g/mol. The molecule has 336 valence electrons. The number of nitrogens with one attached hydrogen (secondary N) is 4. The molecule has 6 rings (SSSR count). The number of aryl methyl sites for hydroxylation is 1. The summed E-state index contributed by atoms with van der Waals surface area (Å²) in [5.41, 5.74) is 22.0.